The number of carbonyl (C=O) groups is 1. The summed E-state index contributed by atoms with van der Waals surface area (Å²) >= 11 is 0. The van der Waals surface area contributed by atoms with Crippen LogP contribution in [-0.2, 0) is 4.79 Å². The lowest BCUT2D eigenvalue weighted by atomic mass is 9.87. The molecule has 0 aliphatic carbocycles. The van der Waals surface area contributed by atoms with Gasteiger partial charge in [-0.3, -0.25) is 5.10 Å². The molecule has 0 bridgehead atoms. The number of hydrogen-bond donors (Lipinski definition) is 2. The number of anilines is 2. The number of carboxylic acid groups (broad SMARTS) is 1. The molecular weight excluding hydrogens is 470 g/mol. The van der Waals surface area contributed by atoms with Gasteiger partial charge in [0.15, 0.2) is 0 Å². The molecule has 4 aromatic carbocycles. The smallest absolute Gasteiger partial charge is 0.328 e. The summed E-state index contributed by atoms with van der Waals surface area (Å²) in [7, 11) is 2.08. The van der Waals surface area contributed by atoms with Crippen LogP contribution in [0.2, 0.25) is 0 Å². The van der Waals surface area contributed by atoms with E-state index < -0.39 is 5.97 Å². The van der Waals surface area contributed by atoms with Gasteiger partial charge in [-0.2, -0.15) is 5.10 Å². The van der Waals surface area contributed by atoms with Crippen LogP contribution in [-0.4, -0.2) is 28.3 Å². The van der Waals surface area contributed by atoms with Crippen molar-refractivity contribution in [3.63, 3.8) is 0 Å². The van der Waals surface area contributed by atoms with E-state index in [1.165, 1.54) is 5.57 Å². The van der Waals surface area contributed by atoms with Crippen LogP contribution in [0.25, 0.3) is 28.1 Å². The van der Waals surface area contributed by atoms with Crippen LogP contribution in [0.3, 0.4) is 0 Å². The molecule has 188 valence electrons. The van der Waals surface area contributed by atoms with Crippen molar-refractivity contribution in [2.24, 2.45) is 0 Å². The van der Waals surface area contributed by atoms with Crippen molar-refractivity contribution in [3.05, 3.63) is 132 Å². The summed E-state index contributed by atoms with van der Waals surface area (Å²) in [6.45, 7) is 2.18. The van der Waals surface area contributed by atoms with E-state index in [0.29, 0.717) is 0 Å². The van der Waals surface area contributed by atoms with Gasteiger partial charge in [-0.05, 0) is 82.3 Å². The van der Waals surface area contributed by atoms with Gasteiger partial charge in [0.1, 0.15) is 0 Å². The SMILES string of the molecule is CCC(=C(c1ccc(C=CC(=O)O)cc1)c1ccc2[nH]ncc2c1)c1ccc(N(C)c2ccccc2)cc1. The number of aromatic amines is 1. The molecular formula is C33H29N3O2. The van der Waals surface area contributed by atoms with E-state index in [9.17, 15) is 4.79 Å². The third-order valence-electron chi connectivity index (χ3n) is 6.75. The van der Waals surface area contributed by atoms with Crippen LogP contribution >= 0.6 is 0 Å². The van der Waals surface area contributed by atoms with Crippen LogP contribution in [0.5, 0.6) is 0 Å². The highest BCUT2D eigenvalue weighted by atomic mass is 16.4. The Morgan fingerprint density at radius 1 is 0.868 bits per heavy atom. The predicted molar refractivity (Wildman–Crippen MR) is 156 cm³/mol. The van der Waals surface area contributed by atoms with Crippen LogP contribution in [0.4, 0.5) is 11.4 Å². The summed E-state index contributed by atoms with van der Waals surface area (Å²) in [4.78, 5) is 13.1. The van der Waals surface area contributed by atoms with Crippen LogP contribution in [0, 0.1) is 0 Å². The fraction of sp³-hybridized carbons (Fsp3) is 0.0909. The summed E-state index contributed by atoms with van der Waals surface area (Å²) < 4.78 is 0. The highest BCUT2D eigenvalue weighted by molar-refractivity contribution is 6.00. The van der Waals surface area contributed by atoms with Gasteiger partial charge >= 0.3 is 5.97 Å². The maximum atomic E-state index is 10.9. The third-order valence-corrected chi connectivity index (χ3v) is 6.75. The maximum absolute atomic E-state index is 10.9. The molecule has 0 fully saturated rings. The number of nitrogens with one attached hydrogen (secondary N) is 1. The van der Waals surface area contributed by atoms with E-state index in [4.69, 9.17) is 5.11 Å². The fourth-order valence-electron chi connectivity index (χ4n) is 4.75. The first-order chi connectivity index (χ1) is 18.5. The number of aromatic nitrogens is 2. The Bertz CT molecular complexity index is 1610. The summed E-state index contributed by atoms with van der Waals surface area (Å²) in [5, 5.41) is 17.3. The minimum atomic E-state index is -0.960. The number of para-hydroxylation sites is 1. The lowest BCUT2D eigenvalue weighted by molar-refractivity contribution is -0.131. The Morgan fingerprint density at radius 2 is 1.53 bits per heavy atom. The van der Waals surface area contributed by atoms with E-state index in [2.05, 4.69) is 95.8 Å². The number of H-pyrrole nitrogens is 1. The first-order valence-corrected chi connectivity index (χ1v) is 12.6. The quantitative estimate of drug-likeness (QED) is 0.169. The molecule has 0 spiro atoms. The normalized spacial score (nSPS) is 12.1. The molecule has 0 saturated carbocycles. The second kappa shape index (κ2) is 11.0. The van der Waals surface area contributed by atoms with Gasteiger partial charge in [-0.1, -0.05) is 67.6 Å². The van der Waals surface area contributed by atoms with E-state index in [-0.39, 0.29) is 0 Å². The molecule has 0 atom stereocenters. The summed E-state index contributed by atoms with van der Waals surface area (Å²) in [6, 6.07) is 33.4. The molecule has 5 nitrogen and oxygen atoms in total. The van der Waals surface area contributed by atoms with E-state index in [1.807, 2.05) is 36.5 Å². The number of fused-ring (bicyclic) bond motifs is 1. The van der Waals surface area contributed by atoms with Crippen molar-refractivity contribution < 1.29 is 9.90 Å². The van der Waals surface area contributed by atoms with Gasteiger partial charge < -0.3 is 10.0 Å². The Labute approximate surface area is 222 Å². The minimum absolute atomic E-state index is 0.840. The van der Waals surface area contributed by atoms with Gasteiger partial charge in [0.25, 0.3) is 0 Å². The number of carboxylic acids is 1. The molecule has 0 aliphatic heterocycles. The summed E-state index contributed by atoms with van der Waals surface area (Å²) in [6.07, 6.45) is 5.45. The number of benzene rings is 4. The van der Waals surface area contributed by atoms with Crippen molar-refractivity contribution in [3.8, 4) is 0 Å². The van der Waals surface area contributed by atoms with E-state index in [1.54, 1.807) is 6.08 Å². The Kier molecular flexibility index (Phi) is 7.18. The molecule has 0 aliphatic rings. The molecule has 5 rings (SSSR count). The molecule has 2 N–H and O–H groups in total. The molecule has 38 heavy (non-hydrogen) atoms. The largest absolute Gasteiger partial charge is 0.478 e. The lowest BCUT2D eigenvalue weighted by Crippen LogP contribution is -2.09. The van der Waals surface area contributed by atoms with Gasteiger partial charge in [-0.15, -0.1) is 0 Å². The second-order valence-corrected chi connectivity index (χ2v) is 9.11. The average molecular weight is 500 g/mol. The zero-order valence-electron chi connectivity index (χ0n) is 21.4. The molecule has 0 saturated heterocycles. The number of hydrogen-bond acceptors (Lipinski definition) is 3. The highest BCUT2D eigenvalue weighted by Crippen LogP contribution is 2.36. The molecule has 0 amide bonds. The van der Waals surface area contributed by atoms with Gasteiger partial charge in [-0.25, -0.2) is 4.79 Å². The molecule has 1 aromatic heterocycles. The highest BCUT2D eigenvalue weighted by Gasteiger charge is 2.15. The maximum Gasteiger partial charge on any atom is 0.328 e. The Balaban J connectivity index is 1.60. The molecule has 0 unspecified atom stereocenters. The van der Waals surface area contributed by atoms with Crippen molar-refractivity contribution in [2.75, 3.05) is 11.9 Å². The van der Waals surface area contributed by atoms with E-state index >= 15 is 0 Å². The van der Waals surface area contributed by atoms with Gasteiger partial charge in [0.05, 0.1) is 11.7 Å². The number of aliphatic carboxylic acids is 1. The van der Waals surface area contributed by atoms with Crippen LogP contribution in [0.1, 0.15) is 35.6 Å². The first-order valence-electron chi connectivity index (χ1n) is 12.6. The van der Waals surface area contributed by atoms with Gasteiger partial charge in [0, 0.05) is 29.9 Å². The number of allylic oxidation sites excluding steroid dienone is 1. The molecule has 5 aromatic rings. The number of rotatable bonds is 8. The van der Waals surface area contributed by atoms with E-state index in [0.717, 1.165) is 62.6 Å². The molecule has 5 heteroatoms. The van der Waals surface area contributed by atoms with Crippen molar-refractivity contribution in [1.82, 2.24) is 10.2 Å². The van der Waals surface area contributed by atoms with Crippen molar-refractivity contribution in [1.29, 1.82) is 0 Å². The molecule has 1 heterocycles. The minimum Gasteiger partial charge on any atom is -0.478 e. The third kappa shape index (κ3) is 5.27. The number of nitrogens with zero attached hydrogens (tertiary/aromatic N) is 2. The van der Waals surface area contributed by atoms with Crippen molar-refractivity contribution in [2.45, 2.75) is 13.3 Å². The zero-order chi connectivity index (χ0) is 26.5. The summed E-state index contributed by atoms with van der Waals surface area (Å²) in [5.41, 5.74) is 9.81. The standard InChI is InChI=1S/C33H29N3O2/c1-3-30(24-14-17-29(18-15-24)36(2)28-7-5-4-6-8-28)33(26-16-19-31-27(21-26)22-34-35-31)25-12-9-23(10-13-25)11-20-32(37)38/h4-22H,3H2,1-2H3,(H,34,35)(H,37,38). The lowest BCUT2D eigenvalue weighted by Gasteiger charge is -2.21. The monoisotopic (exact) mass is 499 g/mol. The van der Waals surface area contributed by atoms with Crippen LogP contribution < -0.4 is 4.90 Å². The Morgan fingerprint density at radius 3 is 2.21 bits per heavy atom. The Hall–Kier alpha value is -4.90. The summed E-state index contributed by atoms with van der Waals surface area (Å²) in [5.74, 6) is -0.960. The predicted octanol–water partition coefficient (Wildman–Crippen LogP) is 7.80. The van der Waals surface area contributed by atoms with Gasteiger partial charge in [0.2, 0.25) is 0 Å². The van der Waals surface area contributed by atoms with Crippen LogP contribution in [0.15, 0.2) is 109 Å². The topological polar surface area (TPSA) is 69.2 Å². The second-order valence-electron chi connectivity index (χ2n) is 9.11. The first kappa shape index (κ1) is 24.8. The average Bonchev–Trinajstić information content (AvgIpc) is 3.43. The molecule has 0 radical (unpaired) electrons. The van der Waals surface area contributed by atoms with Crippen molar-refractivity contribution >= 4 is 45.5 Å². The zero-order valence-corrected chi connectivity index (χ0v) is 21.4. The fourth-order valence-corrected chi connectivity index (χ4v) is 4.75.